The first-order chi connectivity index (χ1) is 9.05. The highest BCUT2D eigenvalue weighted by molar-refractivity contribution is 6.64. The predicted octanol–water partition coefficient (Wildman–Crippen LogP) is 2.16. The van der Waals surface area contributed by atoms with E-state index in [4.69, 9.17) is 16.0 Å². The van der Waals surface area contributed by atoms with Crippen molar-refractivity contribution in [2.24, 2.45) is 23.2 Å². The van der Waals surface area contributed by atoms with Crippen LogP contribution in [0.3, 0.4) is 0 Å². The van der Waals surface area contributed by atoms with Gasteiger partial charge >= 0.3 is 0 Å². The van der Waals surface area contributed by atoms with Gasteiger partial charge in [-0.25, -0.2) is 0 Å². The fourth-order valence-electron chi connectivity index (χ4n) is 2.62. The van der Waals surface area contributed by atoms with E-state index >= 15 is 0 Å². The van der Waals surface area contributed by atoms with Gasteiger partial charge in [-0.3, -0.25) is 9.59 Å². The number of β-lactam (4-membered cyclic amide) rings is 1. The average molecular weight is 320 g/mol. The number of amides is 1. The Bertz CT molecular complexity index is 381. The Balaban J connectivity index is 2.88. The van der Waals surface area contributed by atoms with Crippen LogP contribution in [0.5, 0.6) is 0 Å². The minimum Gasteiger partial charge on any atom is -0.420 e. The Kier molecular flexibility index (Phi) is 5.81. The summed E-state index contributed by atoms with van der Waals surface area (Å²) < 4.78 is 5.87. The Hall–Kier alpha value is -0.393. The topological polar surface area (TPSA) is 55.4 Å². The molecule has 1 heterocycles. The molecule has 20 heavy (non-hydrogen) atoms. The zero-order valence-corrected chi connectivity index (χ0v) is 15.1. The van der Waals surface area contributed by atoms with Gasteiger partial charge in [0, 0.05) is 6.61 Å². The summed E-state index contributed by atoms with van der Waals surface area (Å²) in [5, 5.41) is 2.43. The smallest absolute Gasteiger partial charge is 0.226 e. The van der Waals surface area contributed by atoms with Crippen LogP contribution in [0.25, 0.3) is 0 Å². The second-order valence-corrected chi connectivity index (χ2v) is 9.81. The maximum atomic E-state index is 12.0. The second kappa shape index (κ2) is 6.58. The minimum absolute atomic E-state index is 0.00807. The molecule has 1 N–H and O–H groups in total. The molecule has 1 amide bonds. The number of carbonyl (C=O) groups is 2. The molecule has 1 rings (SSSR count). The van der Waals surface area contributed by atoms with Gasteiger partial charge in [0.05, 0.1) is 17.9 Å². The highest BCUT2D eigenvalue weighted by atomic mass is 35.5. The van der Waals surface area contributed by atoms with Crippen molar-refractivity contribution in [3.05, 3.63) is 0 Å². The summed E-state index contributed by atoms with van der Waals surface area (Å²) in [6.07, 6.45) is 0. The van der Waals surface area contributed by atoms with Crippen molar-refractivity contribution in [2.75, 3.05) is 6.61 Å². The summed E-state index contributed by atoms with van der Waals surface area (Å²) >= 11 is 5.58. The molecule has 1 aliphatic rings. The summed E-state index contributed by atoms with van der Waals surface area (Å²) in [5.74, 6) is -0.454. The summed E-state index contributed by atoms with van der Waals surface area (Å²) in [6.45, 7) is 12.9. The van der Waals surface area contributed by atoms with Crippen molar-refractivity contribution in [2.45, 2.75) is 46.8 Å². The van der Waals surface area contributed by atoms with Crippen LogP contribution in [-0.4, -0.2) is 32.8 Å². The number of halogens is 1. The van der Waals surface area contributed by atoms with Gasteiger partial charge in [0.1, 0.15) is 0 Å². The third-order valence-electron chi connectivity index (χ3n) is 4.05. The fraction of sp³-hybridized carbons (Fsp3) is 0.857. The van der Waals surface area contributed by atoms with Crippen molar-refractivity contribution < 1.29 is 14.0 Å². The van der Waals surface area contributed by atoms with Crippen LogP contribution in [0.2, 0.25) is 13.1 Å². The van der Waals surface area contributed by atoms with Crippen LogP contribution < -0.4 is 5.32 Å². The zero-order valence-electron chi connectivity index (χ0n) is 13.2. The third kappa shape index (κ3) is 4.05. The van der Waals surface area contributed by atoms with Gasteiger partial charge < -0.3 is 9.74 Å². The average Bonchev–Trinajstić information content (AvgIpc) is 2.28. The predicted molar refractivity (Wildman–Crippen MR) is 83.2 cm³/mol. The normalized spacial score (nSPS) is 25.9. The summed E-state index contributed by atoms with van der Waals surface area (Å²) in [4.78, 5) is 23.3. The Morgan fingerprint density at radius 1 is 1.45 bits per heavy atom. The van der Waals surface area contributed by atoms with Gasteiger partial charge in [0.2, 0.25) is 11.1 Å². The van der Waals surface area contributed by atoms with E-state index in [9.17, 15) is 9.59 Å². The summed E-state index contributed by atoms with van der Waals surface area (Å²) in [6, 6.07) is -0.172. The SMILES string of the molecule is C[C@@H](C(=O)Cl)[C@H]1NC(=O)[C@H]1[C@@H](CO[SiH](C)C)C(C)(C)C. The van der Waals surface area contributed by atoms with Gasteiger partial charge in [-0.1, -0.05) is 27.7 Å². The molecule has 1 fully saturated rings. The molecule has 4 nitrogen and oxygen atoms in total. The van der Waals surface area contributed by atoms with Crippen molar-refractivity contribution in [3.63, 3.8) is 0 Å². The van der Waals surface area contributed by atoms with E-state index in [0.29, 0.717) is 6.61 Å². The van der Waals surface area contributed by atoms with Crippen molar-refractivity contribution >= 4 is 31.8 Å². The molecule has 0 saturated carbocycles. The highest BCUT2D eigenvalue weighted by Crippen LogP contribution is 2.40. The molecular formula is C14H26ClNO3Si. The lowest BCUT2D eigenvalue weighted by molar-refractivity contribution is -0.145. The monoisotopic (exact) mass is 319 g/mol. The maximum Gasteiger partial charge on any atom is 0.226 e. The van der Waals surface area contributed by atoms with Gasteiger partial charge in [-0.05, 0) is 36.0 Å². The molecule has 6 heteroatoms. The third-order valence-corrected chi connectivity index (χ3v) is 5.25. The fourth-order valence-corrected chi connectivity index (χ4v) is 3.34. The molecular weight excluding hydrogens is 294 g/mol. The largest absolute Gasteiger partial charge is 0.420 e. The molecule has 0 radical (unpaired) electrons. The molecule has 0 aromatic heterocycles. The number of nitrogens with one attached hydrogen (secondary N) is 1. The molecule has 0 bridgehead atoms. The molecule has 0 aromatic rings. The zero-order chi connectivity index (χ0) is 15.7. The quantitative estimate of drug-likeness (QED) is 0.464. The molecule has 0 spiro atoms. The lowest BCUT2D eigenvalue weighted by atomic mass is 9.65. The molecule has 0 unspecified atom stereocenters. The maximum absolute atomic E-state index is 12.0. The molecule has 1 aliphatic heterocycles. The number of carbonyl (C=O) groups excluding carboxylic acids is 2. The second-order valence-electron chi connectivity index (χ2n) is 7.01. The van der Waals surface area contributed by atoms with E-state index in [1.807, 2.05) is 0 Å². The van der Waals surface area contributed by atoms with Crippen LogP contribution in [0.1, 0.15) is 27.7 Å². The van der Waals surface area contributed by atoms with Crippen molar-refractivity contribution in [3.8, 4) is 0 Å². The standard InChI is InChI=1S/C14H26ClNO3Si/c1-8(12(15)17)11-10(13(18)16-11)9(14(2,3)4)7-19-20(5)6/h8-11,20H,7H2,1-6H3,(H,16,18)/t8-,9-,10+,11-/m1/s1. The molecule has 0 aromatic carbocycles. The van der Waals surface area contributed by atoms with Gasteiger partial charge in [0.25, 0.3) is 0 Å². The molecule has 1 saturated heterocycles. The Labute approximate surface area is 128 Å². The van der Waals surface area contributed by atoms with Gasteiger partial charge in [-0.2, -0.15) is 0 Å². The van der Waals surface area contributed by atoms with E-state index < -0.39 is 14.3 Å². The van der Waals surface area contributed by atoms with Crippen molar-refractivity contribution in [1.29, 1.82) is 0 Å². The van der Waals surface area contributed by atoms with Crippen molar-refractivity contribution in [1.82, 2.24) is 5.32 Å². The summed E-state index contributed by atoms with van der Waals surface area (Å²) in [7, 11) is -1.14. The Morgan fingerprint density at radius 3 is 2.35 bits per heavy atom. The van der Waals surface area contributed by atoms with Crippen LogP contribution >= 0.6 is 11.6 Å². The van der Waals surface area contributed by atoms with E-state index in [1.54, 1.807) is 6.92 Å². The van der Waals surface area contributed by atoms with E-state index in [-0.39, 0.29) is 35.1 Å². The summed E-state index contributed by atoms with van der Waals surface area (Å²) in [5.41, 5.74) is -0.0565. The van der Waals surface area contributed by atoms with E-state index in [0.717, 1.165) is 0 Å². The molecule has 4 atom stereocenters. The van der Waals surface area contributed by atoms with Gasteiger partial charge in [-0.15, -0.1) is 0 Å². The first kappa shape index (κ1) is 17.7. The number of rotatable bonds is 6. The van der Waals surface area contributed by atoms with E-state index in [2.05, 4.69) is 39.2 Å². The van der Waals surface area contributed by atoms with Crippen LogP contribution in [-0.2, 0) is 14.0 Å². The minimum atomic E-state index is -1.14. The molecule has 116 valence electrons. The lowest BCUT2D eigenvalue weighted by Crippen LogP contribution is -2.66. The number of hydrogen-bond donors (Lipinski definition) is 1. The van der Waals surface area contributed by atoms with Crippen LogP contribution in [0.4, 0.5) is 0 Å². The van der Waals surface area contributed by atoms with E-state index in [1.165, 1.54) is 0 Å². The van der Waals surface area contributed by atoms with Crippen LogP contribution in [0.15, 0.2) is 0 Å². The number of hydrogen-bond acceptors (Lipinski definition) is 3. The first-order valence-electron chi connectivity index (χ1n) is 7.17. The Morgan fingerprint density at radius 2 is 2.00 bits per heavy atom. The van der Waals surface area contributed by atoms with Gasteiger partial charge in [0.15, 0.2) is 9.04 Å². The molecule has 0 aliphatic carbocycles. The lowest BCUT2D eigenvalue weighted by Gasteiger charge is -2.48. The van der Waals surface area contributed by atoms with Crippen LogP contribution in [0, 0.1) is 23.2 Å². The first-order valence-corrected chi connectivity index (χ1v) is 10.3. The highest BCUT2D eigenvalue weighted by Gasteiger charge is 2.51.